The van der Waals surface area contributed by atoms with Gasteiger partial charge >= 0.3 is 0 Å². The van der Waals surface area contributed by atoms with Crippen LogP contribution in [0.2, 0.25) is 0 Å². The number of hydrogen-bond donors (Lipinski definition) is 0. The Labute approximate surface area is 137 Å². The number of rotatable bonds is 3. The van der Waals surface area contributed by atoms with E-state index >= 15 is 0 Å². The number of fused-ring (bicyclic) bond motifs is 1. The van der Waals surface area contributed by atoms with Gasteiger partial charge in [0, 0.05) is 30.4 Å². The van der Waals surface area contributed by atoms with Gasteiger partial charge in [-0.15, -0.1) is 10.2 Å². The van der Waals surface area contributed by atoms with Gasteiger partial charge < -0.3 is 14.0 Å². The highest BCUT2D eigenvalue weighted by atomic mass is 16.2. The minimum Gasteiger partial charge on any atom is -0.337 e. The highest BCUT2D eigenvalue weighted by molar-refractivity contribution is 5.80. The molecule has 0 saturated carbocycles. The molecule has 2 aromatic rings. The van der Waals surface area contributed by atoms with Gasteiger partial charge in [0.2, 0.25) is 5.91 Å². The van der Waals surface area contributed by atoms with Gasteiger partial charge in [-0.05, 0) is 32.9 Å². The van der Waals surface area contributed by atoms with E-state index in [0.717, 1.165) is 29.6 Å². The lowest BCUT2D eigenvalue weighted by Crippen LogP contribution is -2.42. The summed E-state index contributed by atoms with van der Waals surface area (Å²) < 4.78 is 4.26. The zero-order chi connectivity index (χ0) is 16.7. The summed E-state index contributed by atoms with van der Waals surface area (Å²) >= 11 is 0. The molecule has 23 heavy (non-hydrogen) atoms. The van der Waals surface area contributed by atoms with E-state index in [2.05, 4.69) is 45.3 Å². The van der Waals surface area contributed by atoms with E-state index in [9.17, 15) is 4.79 Å². The van der Waals surface area contributed by atoms with Crippen LogP contribution in [0, 0.1) is 13.8 Å². The summed E-state index contributed by atoms with van der Waals surface area (Å²) in [5, 5.41) is 8.56. The Morgan fingerprint density at radius 2 is 1.74 bits per heavy atom. The van der Waals surface area contributed by atoms with Gasteiger partial charge in [-0.25, -0.2) is 0 Å². The Bertz CT molecular complexity index is 708. The SMILES string of the molecule is Cc1ccc(C)n1C(C)C(=O)N1CCn2c(nnc2C(C)C)C1. The molecule has 0 aromatic carbocycles. The van der Waals surface area contributed by atoms with E-state index < -0.39 is 0 Å². The molecule has 0 fully saturated rings. The van der Waals surface area contributed by atoms with Crippen LogP contribution >= 0.6 is 0 Å². The van der Waals surface area contributed by atoms with Gasteiger partial charge in [0.1, 0.15) is 11.9 Å². The molecule has 3 rings (SSSR count). The largest absolute Gasteiger partial charge is 0.337 e. The molecule has 1 unspecified atom stereocenters. The number of carbonyl (C=O) groups is 1. The zero-order valence-electron chi connectivity index (χ0n) is 14.6. The van der Waals surface area contributed by atoms with Gasteiger partial charge in [0.25, 0.3) is 0 Å². The smallest absolute Gasteiger partial charge is 0.245 e. The lowest BCUT2D eigenvalue weighted by atomic mass is 10.2. The minimum absolute atomic E-state index is 0.146. The van der Waals surface area contributed by atoms with Crippen molar-refractivity contribution in [2.24, 2.45) is 0 Å². The number of hydrogen-bond acceptors (Lipinski definition) is 3. The summed E-state index contributed by atoms with van der Waals surface area (Å²) in [5.41, 5.74) is 2.23. The molecule has 1 atom stereocenters. The van der Waals surface area contributed by atoms with Crippen LogP contribution in [0.25, 0.3) is 0 Å². The lowest BCUT2D eigenvalue weighted by molar-refractivity contribution is -0.135. The van der Waals surface area contributed by atoms with Crippen LogP contribution in [0.1, 0.15) is 55.8 Å². The van der Waals surface area contributed by atoms with Crippen molar-refractivity contribution in [3.63, 3.8) is 0 Å². The summed E-state index contributed by atoms with van der Waals surface area (Å²) in [6.45, 7) is 12.3. The maximum atomic E-state index is 12.9. The maximum absolute atomic E-state index is 12.9. The molecule has 0 radical (unpaired) electrons. The third kappa shape index (κ3) is 2.66. The molecule has 0 saturated heterocycles. The highest BCUT2D eigenvalue weighted by Crippen LogP contribution is 2.22. The summed E-state index contributed by atoms with van der Waals surface area (Å²) in [6.07, 6.45) is 0. The Morgan fingerprint density at radius 3 is 2.35 bits per heavy atom. The summed E-state index contributed by atoms with van der Waals surface area (Å²) in [7, 11) is 0. The molecule has 6 nitrogen and oxygen atoms in total. The average molecular weight is 315 g/mol. The van der Waals surface area contributed by atoms with Crippen molar-refractivity contribution >= 4 is 5.91 Å². The van der Waals surface area contributed by atoms with Crippen LogP contribution in [0.5, 0.6) is 0 Å². The molecule has 0 N–H and O–H groups in total. The molecule has 124 valence electrons. The molecule has 3 heterocycles. The number of amides is 1. The first kappa shape index (κ1) is 15.8. The Morgan fingerprint density at radius 1 is 1.09 bits per heavy atom. The van der Waals surface area contributed by atoms with Crippen LogP contribution in [0.15, 0.2) is 12.1 Å². The number of aromatic nitrogens is 4. The number of aryl methyl sites for hydroxylation is 2. The van der Waals surface area contributed by atoms with Crippen molar-refractivity contribution in [3.05, 3.63) is 35.2 Å². The van der Waals surface area contributed by atoms with Crippen LogP contribution < -0.4 is 0 Å². The molecule has 1 amide bonds. The predicted molar refractivity (Wildman–Crippen MR) is 88.1 cm³/mol. The second kappa shape index (κ2) is 5.83. The van der Waals surface area contributed by atoms with Crippen molar-refractivity contribution < 1.29 is 4.79 Å². The van der Waals surface area contributed by atoms with E-state index in [1.54, 1.807) is 0 Å². The van der Waals surface area contributed by atoms with E-state index in [1.165, 1.54) is 0 Å². The molecule has 0 spiro atoms. The summed E-state index contributed by atoms with van der Waals surface area (Å²) in [4.78, 5) is 14.8. The third-order valence-corrected chi connectivity index (χ3v) is 4.68. The van der Waals surface area contributed by atoms with Crippen molar-refractivity contribution in [1.82, 2.24) is 24.2 Å². The summed E-state index contributed by atoms with van der Waals surface area (Å²) in [5.74, 6) is 2.40. The third-order valence-electron chi connectivity index (χ3n) is 4.68. The number of nitrogens with zero attached hydrogens (tertiary/aromatic N) is 5. The highest BCUT2D eigenvalue weighted by Gasteiger charge is 2.29. The van der Waals surface area contributed by atoms with Crippen molar-refractivity contribution in [1.29, 1.82) is 0 Å². The van der Waals surface area contributed by atoms with Crippen molar-refractivity contribution in [2.75, 3.05) is 6.54 Å². The van der Waals surface area contributed by atoms with Gasteiger partial charge in [-0.2, -0.15) is 0 Å². The summed E-state index contributed by atoms with van der Waals surface area (Å²) in [6, 6.07) is 3.92. The molecular weight excluding hydrogens is 290 g/mol. The van der Waals surface area contributed by atoms with Crippen LogP contribution in [-0.2, 0) is 17.9 Å². The molecule has 0 aliphatic carbocycles. The first-order valence-electron chi connectivity index (χ1n) is 8.25. The average Bonchev–Trinajstić information content (AvgIpc) is 3.08. The van der Waals surface area contributed by atoms with Gasteiger partial charge in [-0.1, -0.05) is 13.8 Å². The van der Waals surface area contributed by atoms with Gasteiger partial charge in [0.05, 0.1) is 6.54 Å². The fraction of sp³-hybridized carbons (Fsp3) is 0.588. The first-order valence-corrected chi connectivity index (χ1v) is 8.25. The van der Waals surface area contributed by atoms with Gasteiger partial charge in [0.15, 0.2) is 5.82 Å². The Hall–Kier alpha value is -2.11. The quantitative estimate of drug-likeness (QED) is 0.874. The van der Waals surface area contributed by atoms with E-state index in [0.29, 0.717) is 19.0 Å². The van der Waals surface area contributed by atoms with Gasteiger partial charge in [-0.3, -0.25) is 4.79 Å². The first-order chi connectivity index (χ1) is 10.9. The normalized spacial score (nSPS) is 15.8. The molecule has 2 aromatic heterocycles. The fourth-order valence-corrected chi connectivity index (χ4v) is 3.46. The van der Waals surface area contributed by atoms with Crippen LogP contribution in [0.4, 0.5) is 0 Å². The molecule has 1 aliphatic heterocycles. The van der Waals surface area contributed by atoms with Crippen molar-refractivity contribution in [3.8, 4) is 0 Å². The van der Waals surface area contributed by atoms with E-state index in [1.807, 2.05) is 25.7 Å². The van der Waals surface area contributed by atoms with Crippen LogP contribution in [0.3, 0.4) is 0 Å². The monoisotopic (exact) mass is 315 g/mol. The van der Waals surface area contributed by atoms with Crippen LogP contribution in [-0.4, -0.2) is 36.7 Å². The lowest BCUT2D eigenvalue weighted by Gasteiger charge is -2.31. The Kier molecular flexibility index (Phi) is 4.00. The second-order valence-corrected chi connectivity index (χ2v) is 6.70. The molecule has 1 aliphatic rings. The van der Waals surface area contributed by atoms with E-state index in [4.69, 9.17) is 0 Å². The predicted octanol–water partition coefficient (Wildman–Crippen LogP) is 2.42. The molecule has 0 bridgehead atoms. The molecular formula is C17H25N5O. The maximum Gasteiger partial charge on any atom is 0.245 e. The second-order valence-electron chi connectivity index (χ2n) is 6.70. The molecule has 6 heteroatoms. The Balaban J connectivity index is 1.79. The van der Waals surface area contributed by atoms with E-state index in [-0.39, 0.29) is 11.9 Å². The topological polar surface area (TPSA) is 56.0 Å². The number of carbonyl (C=O) groups excluding carboxylic acids is 1. The zero-order valence-corrected chi connectivity index (χ0v) is 14.6. The minimum atomic E-state index is -0.191. The van der Waals surface area contributed by atoms with Crippen molar-refractivity contribution in [2.45, 2.75) is 59.7 Å². The standard InChI is InChI=1S/C17H25N5O/c1-11(2)16-19-18-15-10-20(8-9-21(15)16)17(23)14(5)22-12(3)6-7-13(22)4/h6-7,11,14H,8-10H2,1-5H3. The fourth-order valence-electron chi connectivity index (χ4n) is 3.46.